The Morgan fingerprint density at radius 3 is 3.04 bits per heavy atom. The average molecular weight is 337 g/mol. The van der Waals surface area contributed by atoms with Crippen LogP contribution in [0.3, 0.4) is 0 Å². The fraction of sp³-hybridized carbons (Fsp3) is 0.765. The second-order valence-corrected chi connectivity index (χ2v) is 7.70. The summed E-state index contributed by atoms with van der Waals surface area (Å²) in [5.74, 6) is 0. The van der Waals surface area contributed by atoms with Crippen molar-refractivity contribution >= 4 is 17.4 Å². The maximum absolute atomic E-state index is 12.3. The monoisotopic (exact) mass is 337 g/mol. The van der Waals surface area contributed by atoms with Crippen LogP contribution >= 0.6 is 11.3 Å². The highest BCUT2D eigenvalue weighted by molar-refractivity contribution is 7.11. The van der Waals surface area contributed by atoms with Crippen molar-refractivity contribution in [2.45, 2.75) is 64.5 Å². The van der Waals surface area contributed by atoms with E-state index in [1.807, 2.05) is 30.1 Å². The second-order valence-electron chi connectivity index (χ2n) is 6.53. The van der Waals surface area contributed by atoms with Gasteiger partial charge in [0.25, 0.3) is 0 Å². The van der Waals surface area contributed by atoms with Crippen LogP contribution < -0.4 is 5.32 Å². The predicted octanol–water partition coefficient (Wildman–Crippen LogP) is 2.77. The Bertz CT molecular complexity index is 522. The molecule has 128 valence electrons. The molecule has 3 rings (SSSR count). The molecule has 1 saturated heterocycles. The molecule has 1 aliphatic carbocycles. The number of carbonyl (C=O) groups excluding carboxylic acids is 1. The number of rotatable bonds is 4. The molecule has 0 unspecified atom stereocenters. The first-order valence-electron chi connectivity index (χ1n) is 8.78. The summed E-state index contributed by atoms with van der Waals surface area (Å²) in [6.45, 7) is 6.08. The van der Waals surface area contributed by atoms with Crippen LogP contribution in [0.25, 0.3) is 0 Å². The van der Waals surface area contributed by atoms with Gasteiger partial charge < -0.3 is 15.0 Å². The van der Waals surface area contributed by atoms with Gasteiger partial charge in [0.15, 0.2) is 0 Å². The summed E-state index contributed by atoms with van der Waals surface area (Å²) in [4.78, 5) is 20.4. The van der Waals surface area contributed by atoms with E-state index >= 15 is 0 Å². The molecule has 0 saturated carbocycles. The van der Waals surface area contributed by atoms with Crippen LogP contribution in [0.4, 0.5) is 4.79 Å². The van der Waals surface area contributed by atoms with E-state index in [4.69, 9.17) is 9.72 Å². The first kappa shape index (κ1) is 16.7. The smallest absolute Gasteiger partial charge is 0.317 e. The molecular formula is C17H27N3O2S. The van der Waals surface area contributed by atoms with E-state index in [2.05, 4.69) is 5.32 Å². The van der Waals surface area contributed by atoms with E-state index in [9.17, 15) is 4.79 Å². The zero-order valence-corrected chi connectivity index (χ0v) is 15.0. The minimum atomic E-state index is 0.0334. The van der Waals surface area contributed by atoms with Crippen LogP contribution in [0.15, 0.2) is 0 Å². The lowest BCUT2D eigenvalue weighted by Gasteiger charge is -2.37. The SMILES string of the molecule is C[C@@H]1OCCN(C(=O)NCCCc2nc3c(s2)CCCC3)[C@H]1C. The number of nitrogens with one attached hydrogen (secondary N) is 1. The summed E-state index contributed by atoms with van der Waals surface area (Å²) in [6, 6.07) is 0.167. The molecule has 2 heterocycles. The molecule has 2 atom stereocenters. The van der Waals surface area contributed by atoms with E-state index < -0.39 is 0 Å². The minimum Gasteiger partial charge on any atom is -0.375 e. The highest BCUT2D eigenvalue weighted by Gasteiger charge is 2.28. The quantitative estimate of drug-likeness (QED) is 0.860. The first-order chi connectivity index (χ1) is 11.1. The molecule has 1 aromatic heterocycles. The molecule has 23 heavy (non-hydrogen) atoms. The Kier molecular flexibility index (Phi) is 5.54. The van der Waals surface area contributed by atoms with Crippen LogP contribution in [0, 0.1) is 0 Å². The van der Waals surface area contributed by atoms with Crippen molar-refractivity contribution in [2.75, 3.05) is 19.7 Å². The summed E-state index contributed by atoms with van der Waals surface area (Å²) < 4.78 is 5.57. The molecule has 1 N–H and O–H groups in total. The van der Waals surface area contributed by atoms with Gasteiger partial charge in [-0.25, -0.2) is 9.78 Å². The number of aryl methyl sites for hydroxylation is 3. The number of thiazole rings is 1. The van der Waals surface area contributed by atoms with Crippen LogP contribution in [-0.2, 0) is 24.0 Å². The number of aromatic nitrogens is 1. The molecule has 0 aromatic carbocycles. The third-order valence-corrected chi connectivity index (χ3v) is 6.10. The van der Waals surface area contributed by atoms with Crippen LogP contribution in [0.2, 0.25) is 0 Å². The van der Waals surface area contributed by atoms with Gasteiger partial charge in [-0.1, -0.05) is 0 Å². The average Bonchev–Trinajstić information content (AvgIpc) is 2.96. The maximum Gasteiger partial charge on any atom is 0.317 e. The maximum atomic E-state index is 12.3. The zero-order chi connectivity index (χ0) is 16.2. The molecule has 2 aliphatic rings. The van der Waals surface area contributed by atoms with Crippen molar-refractivity contribution < 1.29 is 9.53 Å². The summed E-state index contributed by atoms with van der Waals surface area (Å²) in [6.07, 6.45) is 6.96. The molecule has 0 spiro atoms. The molecule has 1 fully saturated rings. The topological polar surface area (TPSA) is 54.5 Å². The summed E-state index contributed by atoms with van der Waals surface area (Å²) in [7, 11) is 0. The van der Waals surface area contributed by atoms with Gasteiger partial charge in [-0.05, 0) is 46.0 Å². The molecule has 2 amide bonds. The number of fused-ring (bicyclic) bond motifs is 1. The van der Waals surface area contributed by atoms with E-state index in [0.29, 0.717) is 19.7 Å². The molecule has 0 radical (unpaired) electrons. The second kappa shape index (κ2) is 7.62. The normalized spacial score (nSPS) is 24.3. The van der Waals surface area contributed by atoms with E-state index in [1.165, 1.54) is 34.8 Å². The predicted molar refractivity (Wildman–Crippen MR) is 92.1 cm³/mol. The van der Waals surface area contributed by atoms with E-state index in [1.54, 1.807) is 0 Å². The number of hydrogen-bond donors (Lipinski definition) is 1. The van der Waals surface area contributed by atoms with Crippen molar-refractivity contribution in [2.24, 2.45) is 0 Å². The van der Waals surface area contributed by atoms with Crippen LogP contribution in [0.5, 0.6) is 0 Å². The van der Waals surface area contributed by atoms with Crippen molar-refractivity contribution in [3.63, 3.8) is 0 Å². The third-order valence-electron chi connectivity index (χ3n) is 4.88. The van der Waals surface area contributed by atoms with Crippen LogP contribution in [0.1, 0.15) is 48.7 Å². The number of urea groups is 1. The number of morpholine rings is 1. The Labute approximate surface area is 142 Å². The van der Waals surface area contributed by atoms with Gasteiger partial charge in [0, 0.05) is 24.4 Å². The lowest BCUT2D eigenvalue weighted by Crippen LogP contribution is -2.54. The molecule has 5 nitrogen and oxygen atoms in total. The first-order valence-corrected chi connectivity index (χ1v) is 9.60. The largest absolute Gasteiger partial charge is 0.375 e. The lowest BCUT2D eigenvalue weighted by atomic mass is 10.0. The number of nitrogens with zero attached hydrogens (tertiary/aromatic N) is 2. The highest BCUT2D eigenvalue weighted by atomic mass is 32.1. The van der Waals surface area contributed by atoms with Gasteiger partial charge in [0.1, 0.15) is 0 Å². The fourth-order valence-electron chi connectivity index (χ4n) is 3.27. The van der Waals surface area contributed by atoms with Crippen molar-refractivity contribution in [1.29, 1.82) is 0 Å². The van der Waals surface area contributed by atoms with E-state index in [0.717, 1.165) is 19.3 Å². The number of amides is 2. The Hall–Kier alpha value is -1.14. The van der Waals surface area contributed by atoms with Gasteiger partial charge in [0.2, 0.25) is 0 Å². The summed E-state index contributed by atoms with van der Waals surface area (Å²) >= 11 is 1.87. The molecule has 6 heteroatoms. The Balaban J connectivity index is 1.41. The van der Waals surface area contributed by atoms with Crippen LogP contribution in [-0.4, -0.2) is 47.8 Å². The molecular weight excluding hydrogens is 310 g/mol. The standard InChI is InChI=1S/C17H27N3O2S/c1-12-13(2)22-11-10-20(12)17(21)18-9-5-8-16-19-14-6-3-4-7-15(14)23-16/h12-13H,3-11H2,1-2H3,(H,18,21)/t12-,13-/m0/s1. The Morgan fingerprint density at radius 2 is 2.22 bits per heavy atom. The molecule has 0 bridgehead atoms. The van der Waals surface area contributed by atoms with E-state index in [-0.39, 0.29) is 18.2 Å². The highest BCUT2D eigenvalue weighted by Crippen LogP contribution is 2.27. The summed E-state index contributed by atoms with van der Waals surface area (Å²) in [5, 5.41) is 4.28. The van der Waals surface area contributed by atoms with Crippen molar-refractivity contribution in [3.8, 4) is 0 Å². The summed E-state index contributed by atoms with van der Waals surface area (Å²) in [5.41, 5.74) is 1.33. The minimum absolute atomic E-state index is 0.0334. The fourth-order valence-corrected chi connectivity index (χ4v) is 4.47. The zero-order valence-electron chi connectivity index (χ0n) is 14.1. The lowest BCUT2D eigenvalue weighted by molar-refractivity contribution is -0.0375. The van der Waals surface area contributed by atoms with Gasteiger partial charge in [-0.2, -0.15) is 0 Å². The number of hydrogen-bond acceptors (Lipinski definition) is 4. The molecule has 1 aromatic rings. The number of carbonyl (C=O) groups is 1. The number of ether oxygens (including phenoxy) is 1. The van der Waals surface area contributed by atoms with Gasteiger partial charge in [-0.3, -0.25) is 0 Å². The van der Waals surface area contributed by atoms with Gasteiger partial charge >= 0.3 is 6.03 Å². The third kappa shape index (κ3) is 4.04. The molecule has 1 aliphatic heterocycles. The van der Waals surface area contributed by atoms with Gasteiger partial charge in [-0.15, -0.1) is 11.3 Å². The van der Waals surface area contributed by atoms with Gasteiger partial charge in [0.05, 0.1) is 29.5 Å². The van der Waals surface area contributed by atoms with Crippen molar-refractivity contribution in [1.82, 2.24) is 15.2 Å². The Morgan fingerprint density at radius 1 is 1.39 bits per heavy atom. The van der Waals surface area contributed by atoms with Crippen molar-refractivity contribution in [3.05, 3.63) is 15.6 Å².